The number of para-hydroxylation sites is 1. The van der Waals surface area contributed by atoms with Crippen LogP contribution in [0.25, 0.3) is 0 Å². The molecule has 0 fully saturated rings. The number of aromatic nitrogens is 1. The largest absolute Gasteiger partial charge is 0.467 e. The van der Waals surface area contributed by atoms with Crippen molar-refractivity contribution in [2.24, 2.45) is 0 Å². The summed E-state index contributed by atoms with van der Waals surface area (Å²) in [6.45, 7) is 2.49. The summed E-state index contributed by atoms with van der Waals surface area (Å²) in [6, 6.07) is 13.1. The van der Waals surface area contributed by atoms with Crippen molar-refractivity contribution in [3.63, 3.8) is 0 Å². The highest BCUT2D eigenvalue weighted by molar-refractivity contribution is 6.04. The van der Waals surface area contributed by atoms with E-state index in [1.165, 1.54) is 0 Å². The van der Waals surface area contributed by atoms with Gasteiger partial charge in [0.25, 0.3) is 5.91 Å². The van der Waals surface area contributed by atoms with Crippen LogP contribution in [0.4, 0.5) is 11.4 Å². The fourth-order valence-corrected chi connectivity index (χ4v) is 2.17. The SMILES string of the molecule is Cc1ccccc1NC(=O)c1cncc(NCc2ccco2)c1. The molecular weight excluding hydrogens is 290 g/mol. The Morgan fingerprint density at radius 1 is 1.17 bits per heavy atom. The number of nitrogens with zero attached hydrogens (tertiary/aromatic N) is 1. The molecule has 5 heteroatoms. The van der Waals surface area contributed by atoms with Gasteiger partial charge in [-0.3, -0.25) is 9.78 Å². The quantitative estimate of drug-likeness (QED) is 0.751. The molecule has 2 N–H and O–H groups in total. The van der Waals surface area contributed by atoms with Gasteiger partial charge in [0, 0.05) is 18.1 Å². The summed E-state index contributed by atoms with van der Waals surface area (Å²) < 4.78 is 5.26. The summed E-state index contributed by atoms with van der Waals surface area (Å²) in [5, 5.41) is 6.08. The summed E-state index contributed by atoms with van der Waals surface area (Å²) in [5.74, 6) is 0.633. The zero-order valence-corrected chi connectivity index (χ0v) is 12.7. The van der Waals surface area contributed by atoms with Gasteiger partial charge in [-0.15, -0.1) is 0 Å². The summed E-state index contributed by atoms with van der Waals surface area (Å²) in [6.07, 6.45) is 4.85. The molecule has 0 saturated heterocycles. The molecular formula is C18H17N3O2. The highest BCUT2D eigenvalue weighted by Gasteiger charge is 2.09. The van der Waals surface area contributed by atoms with Gasteiger partial charge in [0.1, 0.15) is 5.76 Å². The van der Waals surface area contributed by atoms with Gasteiger partial charge in [-0.05, 0) is 36.8 Å². The number of carbonyl (C=O) groups is 1. The standard InChI is InChI=1S/C18H17N3O2/c1-13-5-2-3-7-17(13)21-18(22)14-9-15(11-19-10-14)20-12-16-6-4-8-23-16/h2-11,20H,12H2,1H3,(H,21,22). The lowest BCUT2D eigenvalue weighted by Gasteiger charge is -2.09. The molecule has 1 amide bonds. The van der Waals surface area contributed by atoms with E-state index >= 15 is 0 Å². The number of hydrogen-bond acceptors (Lipinski definition) is 4. The molecule has 0 bridgehead atoms. The zero-order chi connectivity index (χ0) is 16.1. The van der Waals surface area contributed by atoms with Crippen LogP contribution in [-0.4, -0.2) is 10.9 Å². The predicted octanol–water partition coefficient (Wildman–Crippen LogP) is 3.85. The van der Waals surface area contributed by atoms with Gasteiger partial charge in [-0.2, -0.15) is 0 Å². The van der Waals surface area contributed by atoms with Gasteiger partial charge < -0.3 is 15.1 Å². The average Bonchev–Trinajstić information content (AvgIpc) is 3.09. The maximum Gasteiger partial charge on any atom is 0.257 e. The van der Waals surface area contributed by atoms with E-state index < -0.39 is 0 Å². The summed E-state index contributed by atoms with van der Waals surface area (Å²) in [7, 11) is 0. The van der Waals surface area contributed by atoms with Crippen molar-refractivity contribution in [1.82, 2.24) is 4.98 Å². The van der Waals surface area contributed by atoms with Crippen molar-refractivity contribution in [2.45, 2.75) is 13.5 Å². The van der Waals surface area contributed by atoms with E-state index in [-0.39, 0.29) is 5.91 Å². The first kappa shape index (κ1) is 14.8. The van der Waals surface area contributed by atoms with Crippen LogP contribution in [0.1, 0.15) is 21.7 Å². The van der Waals surface area contributed by atoms with Gasteiger partial charge in [0.05, 0.1) is 24.1 Å². The number of rotatable bonds is 5. The maximum atomic E-state index is 12.4. The minimum absolute atomic E-state index is 0.187. The van der Waals surface area contributed by atoms with Crippen LogP contribution in [0, 0.1) is 6.92 Å². The second-order valence-corrected chi connectivity index (χ2v) is 5.16. The highest BCUT2D eigenvalue weighted by atomic mass is 16.3. The van der Waals surface area contributed by atoms with Crippen LogP contribution >= 0.6 is 0 Å². The molecule has 0 atom stereocenters. The van der Waals surface area contributed by atoms with Gasteiger partial charge in [0.15, 0.2) is 0 Å². The van der Waals surface area contributed by atoms with Crippen LogP contribution in [0.15, 0.2) is 65.5 Å². The van der Waals surface area contributed by atoms with Gasteiger partial charge in [-0.25, -0.2) is 0 Å². The number of nitrogens with one attached hydrogen (secondary N) is 2. The van der Waals surface area contributed by atoms with Crippen LogP contribution in [0.5, 0.6) is 0 Å². The van der Waals surface area contributed by atoms with E-state index in [0.717, 1.165) is 22.7 Å². The Bertz CT molecular complexity index is 798. The number of carbonyl (C=O) groups excluding carboxylic acids is 1. The number of anilines is 2. The Balaban J connectivity index is 1.69. The molecule has 0 aliphatic carbocycles. The topological polar surface area (TPSA) is 67.2 Å². The van der Waals surface area contributed by atoms with Crippen LogP contribution in [-0.2, 0) is 6.54 Å². The second kappa shape index (κ2) is 6.79. The fourth-order valence-electron chi connectivity index (χ4n) is 2.17. The van der Waals surface area contributed by atoms with Crippen molar-refractivity contribution in [1.29, 1.82) is 0 Å². The molecule has 116 valence electrons. The van der Waals surface area contributed by atoms with Crippen molar-refractivity contribution in [3.8, 4) is 0 Å². The fraction of sp³-hybridized carbons (Fsp3) is 0.111. The third-order valence-electron chi connectivity index (χ3n) is 3.44. The summed E-state index contributed by atoms with van der Waals surface area (Å²) in [5.41, 5.74) is 3.07. The Kier molecular flexibility index (Phi) is 4.38. The van der Waals surface area contributed by atoms with Crippen LogP contribution in [0.3, 0.4) is 0 Å². The molecule has 2 aromatic heterocycles. The lowest BCUT2D eigenvalue weighted by Crippen LogP contribution is -2.13. The zero-order valence-electron chi connectivity index (χ0n) is 12.7. The maximum absolute atomic E-state index is 12.4. The minimum Gasteiger partial charge on any atom is -0.467 e. The lowest BCUT2D eigenvalue weighted by molar-refractivity contribution is 0.102. The number of aryl methyl sites for hydroxylation is 1. The van der Waals surface area contributed by atoms with Gasteiger partial charge >= 0.3 is 0 Å². The Morgan fingerprint density at radius 3 is 2.83 bits per heavy atom. The summed E-state index contributed by atoms with van der Waals surface area (Å²) in [4.78, 5) is 16.5. The van der Waals surface area contributed by atoms with E-state index in [1.807, 2.05) is 43.3 Å². The first-order valence-electron chi connectivity index (χ1n) is 7.30. The van der Waals surface area contributed by atoms with Crippen molar-refractivity contribution >= 4 is 17.3 Å². The van der Waals surface area contributed by atoms with E-state index in [2.05, 4.69) is 15.6 Å². The monoisotopic (exact) mass is 307 g/mol. The molecule has 23 heavy (non-hydrogen) atoms. The molecule has 0 saturated carbocycles. The Labute approximate surface area is 134 Å². The molecule has 0 unspecified atom stereocenters. The van der Waals surface area contributed by atoms with Crippen molar-refractivity contribution in [2.75, 3.05) is 10.6 Å². The molecule has 3 aromatic rings. The Morgan fingerprint density at radius 2 is 2.04 bits per heavy atom. The van der Waals surface area contributed by atoms with Crippen LogP contribution < -0.4 is 10.6 Å². The van der Waals surface area contributed by atoms with Gasteiger partial charge in [0.2, 0.25) is 0 Å². The summed E-state index contributed by atoms with van der Waals surface area (Å²) >= 11 is 0. The first-order valence-corrected chi connectivity index (χ1v) is 7.30. The van der Waals surface area contributed by atoms with Gasteiger partial charge in [-0.1, -0.05) is 18.2 Å². The van der Waals surface area contributed by atoms with Crippen LogP contribution in [0.2, 0.25) is 0 Å². The number of pyridine rings is 1. The smallest absolute Gasteiger partial charge is 0.257 e. The number of furan rings is 1. The molecule has 0 radical (unpaired) electrons. The third-order valence-corrected chi connectivity index (χ3v) is 3.44. The second-order valence-electron chi connectivity index (χ2n) is 5.16. The molecule has 1 aromatic carbocycles. The van der Waals surface area contributed by atoms with E-state index in [9.17, 15) is 4.79 Å². The normalized spacial score (nSPS) is 10.3. The molecule has 0 spiro atoms. The van der Waals surface area contributed by atoms with E-state index in [0.29, 0.717) is 12.1 Å². The van der Waals surface area contributed by atoms with E-state index in [4.69, 9.17) is 4.42 Å². The average molecular weight is 307 g/mol. The van der Waals surface area contributed by atoms with E-state index in [1.54, 1.807) is 24.7 Å². The lowest BCUT2D eigenvalue weighted by atomic mass is 10.2. The third kappa shape index (κ3) is 3.77. The molecule has 0 aliphatic rings. The minimum atomic E-state index is -0.187. The predicted molar refractivity (Wildman–Crippen MR) is 89.4 cm³/mol. The van der Waals surface area contributed by atoms with Crippen molar-refractivity contribution < 1.29 is 9.21 Å². The molecule has 2 heterocycles. The Hall–Kier alpha value is -3.08. The first-order chi connectivity index (χ1) is 11.2. The number of benzene rings is 1. The number of hydrogen-bond donors (Lipinski definition) is 2. The highest BCUT2D eigenvalue weighted by Crippen LogP contribution is 2.16. The number of amides is 1. The molecule has 5 nitrogen and oxygen atoms in total. The van der Waals surface area contributed by atoms with Crippen molar-refractivity contribution in [3.05, 3.63) is 78.0 Å². The molecule has 0 aliphatic heterocycles. The molecule has 3 rings (SSSR count).